The van der Waals surface area contributed by atoms with Crippen LogP contribution in [0.3, 0.4) is 0 Å². The van der Waals surface area contributed by atoms with Gasteiger partial charge in [-0.3, -0.25) is 4.79 Å². The molecular formula is C15H25ClN2O2S. The van der Waals surface area contributed by atoms with Gasteiger partial charge in [0.2, 0.25) is 5.91 Å². The molecule has 0 radical (unpaired) electrons. The van der Waals surface area contributed by atoms with Crippen LogP contribution in [0.1, 0.15) is 17.5 Å². The molecule has 1 aromatic rings. The summed E-state index contributed by atoms with van der Waals surface area (Å²) in [5, 5.41) is 0. The fraction of sp³-hybridized carbons (Fsp3) is 0.533. The van der Waals surface area contributed by atoms with Crippen molar-refractivity contribution < 1.29 is 9.53 Å². The van der Waals surface area contributed by atoms with Crippen LogP contribution in [0.15, 0.2) is 18.2 Å². The summed E-state index contributed by atoms with van der Waals surface area (Å²) >= 11 is 1.70. The van der Waals surface area contributed by atoms with Crippen LogP contribution in [0.2, 0.25) is 0 Å². The number of nitrogens with two attached hydrogens (primary N) is 1. The monoisotopic (exact) mass is 332 g/mol. The van der Waals surface area contributed by atoms with Gasteiger partial charge in [-0.25, -0.2) is 0 Å². The number of methoxy groups -OCH3 is 1. The number of ether oxygens (including phenoxy) is 1. The van der Waals surface area contributed by atoms with Gasteiger partial charge in [-0.2, -0.15) is 11.8 Å². The topological polar surface area (TPSA) is 55.6 Å². The highest BCUT2D eigenvalue weighted by molar-refractivity contribution is 7.98. The number of thioether (sulfide) groups is 1. The van der Waals surface area contributed by atoms with Gasteiger partial charge in [0, 0.05) is 13.6 Å². The molecular weight excluding hydrogens is 308 g/mol. The average molecular weight is 333 g/mol. The molecule has 21 heavy (non-hydrogen) atoms. The summed E-state index contributed by atoms with van der Waals surface area (Å²) in [5.41, 5.74) is 8.06. The number of likely N-dealkylation sites (N-methyl/N-ethyl adjacent to an activating group) is 1. The summed E-state index contributed by atoms with van der Waals surface area (Å²) in [7, 11) is 3.45. The molecule has 0 aromatic heterocycles. The fourth-order valence-electron chi connectivity index (χ4n) is 2.04. The van der Waals surface area contributed by atoms with Gasteiger partial charge in [-0.1, -0.05) is 12.1 Å². The largest absolute Gasteiger partial charge is 0.496 e. The average Bonchev–Trinajstić information content (AvgIpc) is 2.44. The standard InChI is InChI=1S/C15H24N2O2S.ClH/c1-11-9-12(5-6-14(11)19-3)10-17(2)15(18)13(16)7-8-20-4;/h5-6,9,13H,7-8,10,16H2,1-4H3;1H/t13-;/m0./s1. The number of hydrogen-bond acceptors (Lipinski definition) is 4. The van der Waals surface area contributed by atoms with E-state index in [1.54, 1.807) is 30.8 Å². The van der Waals surface area contributed by atoms with Crippen molar-refractivity contribution in [2.75, 3.05) is 26.2 Å². The summed E-state index contributed by atoms with van der Waals surface area (Å²) < 4.78 is 5.23. The van der Waals surface area contributed by atoms with Crippen molar-refractivity contribution in [3.05, 3.63) is 29.3 Å². The first kappa shape index (κ1) is 20.1. The second kappa shape index (κ2) is 9.92. The number of rotatable bonds is 7. The summed E-state index contributed by atoms with van der Waals surface area (Å²) in [6, 6.07) is 5.53. The zero-order valence-corrected chi connectivity index (χ0v) is 14.7. The molecule has 0 fully saturated rings. The van der Waals surface area contributed by atoms with E-state index in [2.05, 4.69) is 0 Å². The van der Waals surface area contributed by atoms with E-state index in [0.717, 1.165) is 22.6 Å². The van der Waals surface area contributed by atoms with E-state index in [1.165, 1.54) is 0 Å². The van der Waals surface area contributed by atoms with Crippen molar-refractivity contribution in [2.45, 2.75) is 25.9 Å². The highest BCUT2D eigenvalue weighted by Crippen LogP contribution is 2.19. The van der Waals surface area contributed by atoms with Gasteiger partial charge in [0.25, 0.3) is 0 Å². The Balaban J connectivity index is 0.00000400. The lowest BCUT2D eigenvalue weighted by Gasteiger charge is -2.21. The molecule has 0 saturated heterocycles. The summed E-state index contributed by atoms with van der Waals surface area (Å²) in [6.07, 6.45) is 2.73. The van der Waals surface area contributed by atoms with E-state index in [9.17, 15) is 4.79 Å². The van der Waals surface area contributed by atoms with Crippen LogP contribution in [0.5, 0.6) is 5.75 Å². The molecule has 4 nitrogen and oxygen atoms in total. The van der Waals surface area contributed by atoms with Gasteiger partial charge in [0.15, 0.2) is 0 Å². The maximum atomic E-state index is 12.1. The molecule has 1 rings (SSSR count). The molecule has 0 aliphatic carbocycles. The summed E-state index contributed by atoms with van der Waals surface area (Å²) in [4.78, 5) is 13.8. The van der Waals surface area contributed by atoms with Crippen molar-refractivity contribution in [3.8, 4) is 5.75 Å². The van der Waals surface area contributed by atoms with E-state index in [-0.39, 0.29) is 18.3 Å². The van der Waals surface area contributed by atoms with Crippen molar-refractivity contribution in [3.63, 3.8) is 0 Å². The van der Waals surface area contributed by atoms with E-state index < -0.39 is 6.04 Å². The minimum Gasteiger partial charge on any atom is -0.496 e. The molecule has 0 saturated carbocycles. The Kier molecular flexibility index (Phi) is 9.49. The van der Waals surface area contributed by atoms with Gasteiger partial charge in [0.05, 0.1) is 13.2 Å². The third-order valence-electron chi connectivity index (χ3n) is 3.21. The highest BCUT2D eigenvalue weighted by Gasteiger charge is 2.17. The highest BCUT2D eigenvalue weighted by atomic mass is 35.5. The molecule has 2 N–H and O–H groups in total. The number of hydrogen-bond donors (Lipinski definition) is 1. The molecule has 0 bridgehead atoms. The van der Waals surface area contributed by atoms with Crippen LogP contribution in [0, 0.1) is 6.92 Å². The molecule has 120 valence electrons. The van der Waals surface area contributed by atoms with Crippen molar-refractivity contribution in [2.24, 2.45) is 5.73 Å². The maximum absolute atomic E-state index is 12.1. The predicted molar refractivity (Wildman–Crippen MR) is 92.4 cm³/mol. The number of halogens is 1. The number of carbonyl (C=O) groups is 1. The quantitative estimate of drug-likeness (QED) is 0.833. The van der Waals surface area contributed by atoms with Crippen LogP contribution in [0.4, 0.5) is 0 Å². The molecule has 0 aliphatic rings. The van der Waals surface area contributed by atoms with Crippen LogP contribution in [-0.2, 0) is 11.3 Å². The summed E-state index contributed by atoms with van der Waals surface area (Å²) in [6.45, 7) is 2.56. The second-order valence-electron chi connectivity index (χ2n) is 4.89. The molecule has 6 heteroatoms. The number of nitrogens with zero attached hydrogens (tertiary/aromatic N) is 1. The fourth-order valence-corrected chi connectivity index (χ4v) is 2.53. The lowest BCUT2D eigenvalue weighted by atomic mass is 10.1. The number of benzene rings is 1. The lowest BCUT2D eigenvalue weighted by molar-refractivity contribution is -0.131. The van der Waals surface area contributed by atoms with E-state index in [0.29, 0.717) is 13.0 Å². The zero-order chi connectivity index (χ0) is 15.1. The second-order valence-corrected chi connectivity index (χ2v) is 5.87. The SMILES string of the molecule is COc1ccc(CN(C)C(=O)[C@@H](N)CCSC)cc1C.Cl. The molecule has 0 heterocycles. The molecule has 0 unspecified atom stereocenters. The minimum absolute atomic E-state index is 0. The molecule has 0 spiro atoms. The normalized spacial score (nSPS) is 11.5. The first-order valence-electron chi connectivity index (χ1n) is 6.62. The lowest BCUT2D eigenvalue weighted by Crippen LogP contribution is -2.41. The van der Waals surface area contributed by atoms with E-state index in [1.807, 2.05) is 31.4 Å². The summed E-state index contributed by atoms with van der Waals surface area (Å²) in [5.74, 6) is 1.76. The van der Waals surface area contributed by atoms with Crippen LogP contribution >= 0.6 is 24.2 Å². The van der Waals surface area contributed by atoms with Gasteiger partial charge in [0.1, 0.15) is 5.75 Å². The van der Waals surface area contributed by atoms with Gasteiger partial charge in [-0.15, -0.1) is 12.4 Å². The Morgan fingerprint density at radius 1 is 1.48 bits per heavy atom. The third-order valence-corrected chi connectivity index (χ3v) is 3.85. The Hall–Kier alpha value is -0.910. The van der Waals surface area contributed by atoms with E-state index >= 15 is 0 Å². The van der Waals surface area contributed by atoms with Crippen LogP contribution in [0.25, 0.3) is 0 Å². The molecule has 1 atom stereocenters. The van der Waals surface area contributed by atoms with Crippen molar-refractivity contribution in [1.82, 2.24) is 4.90 Å². The predicted octanol–water partition coefficient (Wildman–Crippen LogP) is 2.46. The maximum Gasteiger partial charge on any atom is 0.239 e. The smallest absolute Gasteiger partial charge is 0.239 e. The van der Waals surface area contributed by atoms with Crippen LogP contribution < -0.4 is 10.5 Å². The first-order chi connectivity index (χ1) is 9.49. The minimum atomic E-state index is -0.410. The third kappa shape index (κ3) is 6.16. The molecule has 1 amide bonds. The number of aryl methyl sites for hydroxylation is 1. The zero-order valence-electron chi connectivity index (χ0n) is 13.1. The van der Waals surface area contributed by atoms with Gasteiger partial charge >= 0.3 is 0 Å². The Morgan fingerprint density at radius 3 is 2.67 bits per heavy atom. The van der Waals surface area contributed by atoms with E-state index in [4.69, 9.17) is 10.5 Å². The van der Waals surface area contributed by atoms with Gasteiger partial charge < -0.3 is 15.4 Å². The molecule has 1 aromatic carbocycles. The number of amides is 1. The Morgan fingerprint density at radius 2 is 2.14 bits per heavy atom. The van der Waals surface area contributed by atoms with Crippen LogP contribution in [-0.4, -0.2) is 43.0 Å². The number of carbonyl (C=O) groups excluding carboxylic acids is 1. The Labute approximate surface area is 137 Å². The molecule has 0 aliphatic heterocycles. The first-order valence-corrected chi connectivity index (χ1v) is 8.02. The van der Waals surface area contributed by atoms with Crippen molar-refractivity contribution >= 4 is 30.1 Å². The van der Waals surface area contributed by atoms with Crippen molar-refractivity contribution in [1.29, 1.82) is 0 Å². The Bertz CT molecular complexity index is 457. The van der Waals surface area contributed by atoms with Gasteiger partial charge in [-0.05, 0) is 42.5 Å².